The van der Waals surface area contributed by atoms with E-state index >= 15 is 0 Å². The van der Waals surface area contributed by atoms with Crippen LogP contribution in [0.4, 0.5) is 16.2 Å². The van der Waals surface area contributed by atoms with E-state index in [1.54, 1.807) is 11.3 Å². The molecule has 0 aromatic carbocycles. The topological polar surface area (TPSA) is 75.9 Å². The molecule has 0 radical (unpaired) electrons. The van der Waals surface area contributed by atoms with Crippen molar-refractivity contribution in [1.82, 2.24) is 9.97 Å². The predicted octanol–water partition coefficient (Wildman–Crippen LogP) is 2.35. The van der Waals surface area contributed by atoms with Gasteiger partial charge in [0.05, 0.1) is 6.20 Å². The molecular formula is C12H16FN5S. The van der Waals surface area contributed by atoms with Gasteiger partial charge in [0.25, 0.3) is 0 Å². The van der Waals surface area contributed by atoms with Gasteiger partial charge in [-0.2, -0.15) is 4.98 Å². The number of nitrogens with one attached hydrogen (secondary N) is 2. The average molecular weight is 281 g/mol. The van der Waals surface area contributed by atoms with Crippen LogP contribution in [0.25, 0.3) is 0 Å². The molecule has 0 spiro atoms. The average Bonchev–Trinajstić information content (AvgIpc) is 2.92. The molecule has 2 aromatic rings. The molecule has 0 aliphatic carbocycles. The number of hydrogen-bond donors (Lipinski definition) is 3. The number of rotatable bonds is 5. The van der Waals surface area contributed by atoms with E-state index in [0.717, 1.165) is 6.20 Å². The van der Waals surface area contributed by atoms with Gasteiger partial charge in [-0.05, 0) is 11.4 Å². The monoisotopic (exact) mass is 281 g/mol. The number of aromatic nitrogens is 2. The Morgan fingerprint density at radius 3 is 2.89 bits per heavy atom. The molecule has 0 unspecified atom stereocenters. The number of thiophene rings is 1. The molecule has 0 amide bonds. The van der Waals surface area contributed by atoms with Crippen molar-refractivity contribution in [2.75, 3.05) is 17.3 Å². The van der Waals surface area contributed by atoms with Crippen LogP contribution < -0.4 is 16.6 Å². The van der Waals surface area contributed by atoms with Gasteiger partial charge in [-0.1, -0.05) is 19.9 Å². The van der Waals surface area contributed by atoms with Crippen molar-refractivity contribution in [3.05, 3.63) is 34.4 Å². The summed E-state index contributed by atoms with van der Waals surface area (Å²) in [7, 11) is 0. The van der Waals surface area contributed by atoms with Crippen LogP contribution in [0.15, 0.2) is 23.7 Å². The van der Waals surface area contributed by atoms with E-state index in [2.05, 4.69) is 40.6 Å². The molecule has 7 heteroatoms. The maximum Gasteiger partial charge on any atom is 0.239 e. The van der Waals surface area contributed by atoms with E-state index < -0.39 is 5.82 Å². The normalized spacial score (nSPS) is 11.4. The fourth-order valence-electron chi connectivity index (χ4n) is 1.62. The number of hydrazine groups is 1. The quantitative estimate of drug-likeness (QED) is 0.579. The molecule has 102 valence electrons. The van der Waals surface area contributed by atoms with Gasteiger partial charge in [-0.25, -0.2) is 15.2 Å². The highest BCUT2D eigenvalue weighted by atomic mass is 32.1. The molecule has 0 bridgehead atoms. The summed E-state index contributed by atoms with van der Waals surface area (Å²) >= 11 is 1.68. The second-order valence-corrected chi connectivity index (χ2v) is 5.70. The van der Waals surface area contributed by atoms with Gasteiger partial charge in [-0.15, -0.1) is 11.3 Å². The van der Waals surface area contributed by atoms with Crippen LogP contribution in [0.3, 0.4) is 0 Å². The summed E-state index contributed by atoms with van der Waals surface area (Å²) in [5, 5.41) is 5.03. The summed E-state index contributed by atoms with van der Waals surface area (Å²) in [6.45, 7) is 4.74. The van der Waals surface area contributed by atoms with E-state index in [9.17, 15) is 4.39 Å². The predicted molar refractivity (Wildman–Crippen MR) is 75.6 cm³/mol. The Kier molecular flexibility index (Phi) is 3.96. The molecule has 0 atom stereocenters. The maximum absolute atomic E-state index is 13.6. The van der Waals surface area contributed by atoms with E-state index in [-0.39, 0.29) is 17.2 Å². The Hall–Kier alpha value is -1.73. The van der Waals surface area contributed by atoms with Crippen LogP contribution in [-0.2, 0) is 5.41 Å². The minimum absolute atomic E-state index is 0.109. The Morgan fingerprint density at radius 1 is 1.47 bits per heavy atom. The van der Waals surface area contributed by atoms with Gasteiger partial charge in [0.1, 0.15) is 0 Å². The number of nitrogens with zero attached hydrogens (tertiary/aromatic N) is 2. The Labute approximate surface area is 115 Å². The van der Waals surface area contributed by atoms with Crippen molar-refractivity contribution >= 4 is 23.1 Å². The van der Waals surface area contributed by atoms with Crippen LogP contribution in [0.1, 0.15) is 18.7 Å². The highest BCUT2D eigenvalue weighted by Crippen LogP contribution is 2.27. The first-order chi connectivity index (χ1) is 9.03. The standard InChI is InChI=1S/C12H16FN5S/c1-12(2,9-4-3-5-19-9)7-16-10-8(13)6-15-11(17-10)18-14/h3-6H,7,14H2,1-2H3,(H2,15,16,17,18). The third kappa shape index (κ3) is 3.18. The first-order valence-electron chi connectivity index (χ1n) is 5.80. The summed E-state index contributed by atoms with van der Waals surface area (Å²) < 4.78 is 13.6. The smallest absolute Gasteiger partial charge is 0.239 e. The van der Waals surface area contributed by atoms with Crippen molar-refractivity contribution in [3.8, 4) is 0 Å². The van der Waals surface area contributed by atoms with Crippen molar-refractivity contribution in [1.29, 1.82) is 0 Å². The van der Waals surface area contributed by atoms with Crippen LogP contribution in [0.2, 0.25) is 0 Å². The fourth-order valence-corrected chi connectivity index (χ4v) is 2.47. The lowest BCUT2D eigenvalue weighted by Crippen LogP contribution is -2.27. The molecule has 0 saturated carbocycles. The zero-order valence-corrected chi connectivity index (χ0v) is 11.6. The minimum Gasteiger partial charge on any atom is -0.367 e. The van der Waals surface area contributed by atoms with Gasteiger partial charge in [0, 0.05) is 16.8 Å². The van der Waals surface area contributed by atoms with Gasteiger partial charge >= 0.3 is 0 Å². The summed E-state index contributed by atoms with van der Waals surface area (Å²) in [5.41, 5.74) is 2.18. The highest BCUT2D eigenvalue weighted by molar-refractivity contribution is 7.10. The second-order valence-electron chi connectivity index (χ2n) is 4.75. The second kappa shape index (κ2) is 5.50. The fraction of sp³-hybridized carbons (Fsp3) is 0.333. The first-order valence-corrected chi connectivity index (χ1v) is 6.68. The number of nitrogens with two attached hydrogens (primary N) is 1. The molecule has 2 aromatic heterocycles. The molecule has 5 nitrogen and oxygen atoms in total. The molecular weight excluding hydrogens is 265 g/mol. The molecule has 0 saturated heterocycles. The Bertz CT molecular complexity index is 541. The maximum atomic E-state index is 13.6. The largest absolute Gasteiger partial charge is 0.367 e. The highest BCUT2D eigenvalue weighted by Gasteiger charge is 2.22. The van der Waals surface area contributed by atoms with Gasteiger partial charge < -0.3 is 5.32 Å². The van der Waals surface area contributed by atoms with Crippen molar-refractivity contribution in [2.24, 2.45) is 5.84 Å². The van der Waals surface area contributed by atoms with Crippen LogP contribution >= 0.6 is 11.3 Å². The minimum atomic E-state index is -0.499. The molecule has 4 N–H and O–H groups in total. The number of nitrogen functional groups attached to an aromatic ring is 1. The van der Waals surface area contributed by atoms with Gasteiger partial charge in [-0.3, -0.25) is 5.43 Å². The molecule has 0 fully saturated rings. The summed E-state index contributed by atoms with van der Waals surface area (Å²) in [5.74, 6) is 5.03. The van der Waals surface area contributed by atoms with Gasteiger partial charge in [0.2, 0.25) is 5.95 Å². The van der Waals surface area contributed by atoms with E-state index in [1.165, 1.54) is 4.88 Å². The first kappa shape index (κ1) is 13.7. The lowest BCUT2D eigenvalue weighted by Gasteiger charge is -2.24. The van der Waals surface area contributed by atoms with Crippen LogP contribution in [-0.4, -0.2) is 16.5 Å². The van der Waals surface area contributed by atoms with Crippen molar-refractivity contribution < 1.29 is 4.39 Å². The number of anilines is 2. The molecule has 0 aliphatic heterocycles. The molecule has 2 heterocycles. The van der Waals surface area contributed by atoms with Crippen LogP contribution in [0, 0.1) is 5.82 Å². The summed E-state index contributed by atoms with van der Waals surface area (Å²) in [4.78, 5) is 8.87. The van der Waals surface area contributed by atoms with E-state index in [0.29, 0.717) is 6.54 Å². The lowest BCUT2D eigenvalue weighted by atomic mass is 9.91. The van der Waals surface area contributed by atoms with Gasteiger partial charge in [0.15, 0.2) is 11.6 Å². The third-order valence-corrected chi connectivity index (χ3v) is 4.00. The molecule has 2 rings (SSSR count). The number of halogens is 1. The Balaban J connectivity index is 2.10. The van der Waals surface area contributed by atoms with Crippen LogP contribution in [0.5, 0.6) is 0 Å². The summed E-state index contributed by atoms with van der Waals surface area (Å²) in [6, 6.07) is 4.07. The third-order valence-electron chi connectivity index (χ3n) is 2.76. The van der Waals surface area contributed by atoms with Crippen molar-refractivity contribution in [2.45, 2.75) is 19.3 Å². The van der Waals surface area contributed by atoms with E-state index in [4.69, 9.17) is 5.84 Å². The molecule has 0 aliphatic rings. The Morgan fingerprint density at radius 2 is 2.26 bits per heavy atom. The zero-order valence-electron chi connectivity index (χ0n) is 10.8. The summed E-state index contributed by atoms with van der Waals surface area (Å²) in [6.07, 6.45) is 1.09. The SMILES string of the molecule is CC(C)(CNc1nc(NN)ncc1F)c1cccs1. The lowest BCUT2D eigenvalue weighted by molar-refractivity contribution is 0.560. The van der Waals surface area contributed by atoms with E-state index in [1.807, 2.05) is 11.4 Å². The van der Waals surface area contributed by atoms with Crippen molar-refractivity contribution in [3.63, 3.8) is 0 Å². The number of hydrogen-bond acceptors (Lipinski definition) is 6. The molecule has 19 heavy (non-hydrogen) atoms. The zero-order chi connectivity index (χ0) is 13.9.